The minimum absolute atomic E-state index is 0.0168. The Labute approximate surface area is 112 Å². The molecule has 0 aliphatic carbocycles. The lowest BCUT2D eigenvalue weighted by Crippen LogP contribution is -2.09. The second-order valence-electron chi connectivity index (χ2n) is 3.40. The summed E-state index contributed by atoms with van der Waals surface area (Å²) < 4.78 is 5.64. The molecule has 1 aromatic rings. The van der Waals surface area contributed by atoms with E-state index in [4.69, 9.17) is 9.84 Å². The first-order chi connectivity index (χ1) is 8.65. The van der Waals surface area contributed by atoms with Gasteiger partial charge in [0.05, 0.1) is 22.6 Å². The molecule has 0 fully saturated rings. The number of ether oxygens (including phenoxy) is 1. The van der Waals surface area contributed by atoms with Crippen molar-refractivity contribution in [2.45, 2.75) is 6.42 Å². The Morgan fingerprint density at radius 3 is 2.94 bits per heavy atom. The number of nitrogens with one attached hydrogen (secondary N) is 1. The molecular weight excluding hydrogens is 306 g/mol. The van der Waals surface area contributed by atoms with Crippen LogP contribution in [-0.4, -0.2) is 41.4 Å². The van der Waals surface area contributed by atoms with Gasteiger partial charge in [0.2, 0.25) is 0 Å². The van der Waals surface area contributed by atoms with E-state index in [1.54, 1.807) is 0 Å². The number of pyridine rings is 1. The number of anilines is 1. The Morgan fingerprint density at radius 2 is 2.33 bits per heavy atom. The molecule has 0 saturated heterocycles. The van der Waals surface area contributed by atoms with Crippen molar-refractivity contribution in [2.24, 2.45) is 0 Å². The van der Waals surface area contributed by atoms with Crippen molar-refractivity contribution in [3.8, 4) is 0 Å². The first-order valence-electron chi connectivity index (χ1n) is 5.37. The van der Waals surface area contributed by atoms with Crippen molar-refractivity contribution in [2.75, 3.05) is 31.7 Å². The molecule has 8 heteroatoms. The number of nitrogens with zero attached hydrogens (tertiary/aromatic N) is 2. The van der Waals surface area contributed by atoms with E-state index in [1.807, 2.05) is 0 Å². The van der Waals surface area contributed by atoms with Crippen LogP contribution in [0.1, 0.15) is 6.42 Å². The normalized spacial score (nSPS) is 10.3. The van der Waals surface area contributed by atoms with E-state index in [-0.39, 0.29) is 12.3 Å². The van der Waals surface area contributed by atoms with E-state index in [0.717, 1.165) is 6.42 Å². The molecule has 100 valence electrons. The minimum Gasteiger partial charge on any atom is -0.394 e. The van der Waals surface area contributed by atoms with E-state index < -0.39 is 4.92 Å². The third-order valence-corrected chi connectivity index (χ3v) is 2.64. The predicted molar refractivity (Wildman–Crippen MR) is 69.6 cm³/mol. The number of halogens is 1. The number of hydrogen-bond donors (Lipinski definition) is 2. The molecule has 1 heterocycles. The lowest BCUT2D eigenvalue weighted by molar-refractivity contribution is -0.385. The zero-order valence-corrected chi connectivity index (χ0v) is 11.2. The Bertz CT molecular complexity index is 403. The van der Waals surface area contributed by atoms with Gasteiger partial charge in [-0.25, -0.2) is 4.98 Å². The SMILES string of the molecule is O=[N+]([O-])c1cnc(NCCCOCCO)c(Br)c1. The van der Waals surface area contributed by atoms with Gasteiger partial charge in [-0.05, 0) is 22.4 Å². The van der Waals surface area contributed by atoms with Gasteiger partial charge in [0.1, 0.15) is 12.0 Å². The molecule has 0 spiro atoms. The monoisotopic (exact) mass is 319 g/mol. The molecule has 0 aliphatic heterocycles. The van der Waals surface area contributed by atoms with Crippen molar-refractivity contribution in [1.29, 1.82) is 0 Å². The fourth-order valence-electron chi connectivity index (χ4n) is 1.21. The van der Waals surface area contributed by atoms with Gasteiger partial charge in [0.25, 0.3) is 5.69 Å². The molecular formula is C10H14BrN3O4. The van der Waals surface area contributed by atoms with Gasteiger partial charge in [0, 0.05) is 19.2 Å². The fraction of sp³-hybridized carbons (Fsp3) is 0.500. The summed E-state index contributed by atoms with van der Waals surface area (Å²) >= 11 is 3.22. The maximum absolute atomic E-state index is 10.5. The van der Waals surface area contributed by atoms with Crippen LogP contribution in [0.25, 0.3) is 0 Å². The van der Waals surface area contributed by atoms with E-state index in [1.165, 1.54) is 12.3 Å². The topological polar surface area (TPSA) is 97.5 Å². The molecule has 1 rings (SSSR count). The predicted octanol–water partition coefficient (Wildman–Crippen LogP) is 1.56. The van der Waals surface area contributed by atoms with Crippen LogP contribution in [0.4, 0.5) is 11.5 Å². The lowest BCUT2D eigenvalue weighted by atomic mass is 10.4. The smallest absolute Gasteiger partial charge is 0.288 e. The van der Waals surface area contributed by atoms with Crippen LogP contribution < -0.4 is 5.32 Å². The highest BCUT2D eigenvalue weighted by Gasteiger charge is 2.09. The molecule has 2 N–H and O–H groups in total. The zero-order chi connectivity index (χ0) is 13.4. The largest absolute Gasteiger partial charge is 0.394 e. The number of aromatic nitrogens is 1. The highest BCUT2D eigenvalue weighted by atomic mass is 79.9. The summed E-state index contributed by atoms with van der Waals surface area (Å²) in [6, 6.07) is 1.40. The summed E-state index contributed by atoms with van der Waals surface area (Å²) in [5, 5.41) is 22.0. The maximum atomic E-state index is 10.5. The summed E-state index contributed by atoms with van der Waals surface area (Å²) in [6.45, 7) is 1.52. The Kier molecular flexibility index (Phi) is 6.55. The number of aliphatic hydroxyl groups excluding tert-OH is 1. The van der Waals surface area contributed by atoms with Crippen LogP contribution in [0.15, 0.2) is 16.7 Å². The molecule has 0 atom stereocenters. The summed E-state index contributed by atoms with van der Waals surface area (Å²) in [4.78, 5) is 14.0. The van der Waals surface area contributed by atoms with Crippen LogP contribution in [0.5, 0.6) is 0 Å². The molecule has 0 amide bonds. The van der Waals surface area contributed by atoms with Crippen molar-refractivity contribution in [3.63, 3.8) is 0 Å². The third kappa shape index (κ3) is 4.94. The molecule has 7 nitrogen and oxygen atoms in total. The van der Waals surface area contributed by atoms with Gasteiger partial charge in [-0.2, -0.15) is 0 Å². The van der Waals surface area contributed by atoms with Gasteiger partial charge >= 0.3 is 0 Å². The average molecular weight is 320 g/mol. The lowest BCUT2D eigenvalue weighted by Gasteiger charge is -2.07. The van der Waals surface area contributed by atoms with Crippen molar-refractivity contribution < 1.29 is 14.8 Å². The molecule has 0 aliphatic rings. The first-order valence-corrected chi connectivity index (χ1v) is 6.17. The molecule has 1 aromatic heterocycles. The molecule has 0 radical (unpaired) electrons. The second kappa shape index (κ2) is 7.96. The summed E-state index contributed by atoms with van der Waals surface area (Å²) in [6.07, 6.45) is 1.96. The van der Waals surface area contributed by atoms with E-state index in [2.05, 4.69) is 26.2 Å². The first kappa shape index (κ1) is 14.8. The van der Waals surface area contributed by atoms with Gasteiger partial charge in [-0.1, -0.05) is 0 Å². The Hall–Kier alpha value is -1.25. The number of rotatable bonds is 8. The van der Waals surface area contributed by atoms with Crippen LogP contribution in [0, 0.1) is 10.1 Å². The van der Waals surface area contributed by atoms with E-state index >= 15 is 0 Å². The summed E-state index contributed by atoms with van der Waals surface area (Å²) in [5.41, 5.74) is -0.0568. The van der Waals surface area contributed by atoms with Crippen molar-refractivity contribution in [1.82, 2.24) is 4.98 Å². The van der Waals surface area contributed by atoms with Crippen molar-refractivity contribution >= 4 is 27.4 Å². The summed E-state index contributed by atoms with van der Waals surface area (Å²) in [5.74, 6) is 0.558. The second-order valence-corrected chi connectivity index (χ2v) is 4.25. The fourth-order valence-corrected chi connectivity index (χ4v) is 1.68. The highest BCUT2D eigenvalue weighted by molar-refractivity contribution is 9.10. The third-order valence-electron chi connectivity index (χ3n) is 2.03. The highest BCUT2D eigenvalue weighted by Crippen LogP contribution is 2.24. The van der Waals surface area contributed by atoms with Gasteiger partial charge in [0.15, 0.2) is 0 Å². The standard InChI is InChI=1S/C10H14BrN3O4/c11-9-6-8(14(16)17)7-13-10(9)12-2-1-4-18-5-3-15/h6-7,15H,1-5H2,(H,12,13). The van der Waals surface area contributed by atoms with Gasteiger partial charge in [-0.15, -0.1) is 0 Å². The van der Waals surface area contributed by atoms with Gasteiger partial charge < -0.3 is 15.2 Å². The van der Waals surface area contributed by atoms with Gasteiger partial charge in [-0.3, -0.25) is 10.1 Å². The van der Waals surface area contributed by atoms with Crippen LogP contribution in [-0.2, 0) is 4.74 Å². The maximum Gasteiger partial charge on any atom is 0.288 e. The Balaban J connectivity index is 2.36. The molecule has 0 unspecified atom stereocenters. The number of aliphatic hydroxyl groups is 1. The van der Waals surface area contributed by atoms with Crippen LogP contribution >= 0.6 is 15.9 Å². The van der Waals surface area contributed by atoms with Crippen molar-refractivity contribution in [3.05, 3.63) is 26.9 Å². The molecule has 0 aromatic carbocycles. The summed E-state index contributed by atoms with van der Waals surface area (Å²) in [7, 11) is 0. The van der Waals surface area contributed by atoms with Crippen LogP contribution in [0.3, 0.4) is 0 Å². The Morgan fingerprint density at radius 1 is 1.56 bits per heavy atom. The van der Waals surface area contributed by atoms with Crippen LogP contribution in [0.2, 0.25) is 0 Å². The quantitative estimate of drug-likeness (QED) is 0.429. The van der Waals surface area contributed by atoms with E-state index in [9.17, 15) is 10.1 Å². The number of hydrogen-bond acceptors (Lipinski definition) is 6. The molecule has 0 saturated carbocycles. The number of nitro groups is 1. The zero-order valence-electron chi connectivity index (χ0n) is 9.63. The van der Waals surface area contributed by atoms with E-state index in [0.29, 0.717) is 30.0 Å². The molecule has 0 bridgehead atoms. The molecule has 18 heavy (non-hydrogen) atoms. The minimum atomic E-state index is -0.496. The average Bonchev–Trinajstić information content (AvgIpc) is 2.35.